The lowest BCUT2D eigenvalue weighted by Gasteiger charge is -2.17. The molecule has 7 nitrogen and oxygen atoms in total. The average Bonchev–Trinajstić information content (AvgIpc) is 2.96. The topological polar surface area (TPSA) is 87.5 Å². The third kappa shape index (κ3) is 4.31. The minimum Gasteiger partial charge on any atom is -0.481 e. The number of carbonyl (C=O) groups is 2. The molecule has 24 heavy (non-hydrogen) atoms. The molecular weight excluding hydrogens is 315 g/mol. The lowest BCUT2D eigenvalue weighted by atomic mass is 10.2. The average molecular weight is 334 g/mol. The second-order valence-corrected chi connectivity index (χ2v) is 5.35. The van der Waals surface area contributed by atoms with Crippen molar-refractivity contribution in [3.05, 3.63) is 47.8 Å². The molecule has 2 amide bonds. The number of halogens is 1. The normalized spacial score (nSPS) is 10.5. The first-order chi connectivity index (χ1) is 11.4. The van der Waals surface area contributed by atoms with E-state index >= 15 is 0 Å². The van der Waals surface area contributed by atoms with Gasteiger partial charge in [0.2, 0.25) is 0 Å². The van der Waals surface area contributed by atoms with Gasteiger partial charge in [0.15, 0.2) is 0 Å². The van der Waals surface area contributed by atoms with Crippen LogP contribution >= 0.6 is 0 Å². The minimum absolute atomic E-state index is 0.106. The maximum atomic E-state index is 14.2. The van der Waals surface area contributed by atoms with Gasteiger partial charge in [-0.15, -0.1) is 0 Å². The zero-order valence-corrected chi connectivity index (χ0v) is 13.5. The lowest BCUT2D eigenvalue weighted by Crippen LogP contribution is -2.38. The Bertz CT molecular complexity index is 745. The first-order valence-electron chi connectivity index (χ1n) is 7.38. The van der Waals surface area contributed by atoms with Crippen LogP contribution in [0, 0.1) is 12.7 Å². The molecule has 2 aromatic rings. The number of carbonyl (C=O) groups excluding carboxylic acids is 1. The molecule has 0 fully saturated rings. The zero-order valence-electron chi connectivity index (χ0n) is 13.5. The molecule has 0 unspecified atom stereocenters. The molecule has 2 N–H and O–H groups in total. The fourth-order valence-corrected chi connectivity index (χ4v) is 2.17. The zero-order chi connectivity index (χ0) is 17.7. The maximum absolute atomic E-state index is 14.2. The van der Waals surface area contributed by atoms with Crippen molar-refractivity contribution in [2.75, 3.05) is 13.6 Å². The van der Waals surface area contributed by atoms with E-state index in [1.54, 1.807) is 36.0 Å². The summed E-state index contributed by atoms with van der Waals surface area (Å²) in [7, 11) is 1.50. The fourth-order valence-electron chi connectivity index (χ4n) is 2.17. The smallest absolute Gasteiger partial charge is 0.317 e. The van der Waals surface area contributed by atoms with E-state index in [1.165, 1.54) is 18.0 Å². The molecule has 0 aliphatic heterocycles. The lowest BCUT2D eigenvalue weighted by molar-refractivity contribution is -0.137. The molecule has 2 rings (SSSR count). The highest BCUT2D eigenvalue weighted by Crippen LogP contribution is 2.16. The standard InChI is InChI=1S/C16H19FN4O3/c1-11-18-6-8-21(11)14-4-3-12(9-13(14)17)10-19-16(24)20(2)7-5-15(22)23/h3-4,6,8-9H,5,7,10H2,1-2H3,(H,19,24)(H,22,23). The van der Waals surface area contributed by atoms with Gasteiger partial charge in [-0.25, -0.2) is 14.2 Å². The van der Waals surface area contributed by atoms with Gasteiger partial charge in [0, 0.05) is 32.5 Å². The van der Waals surface area contributed by atoms with Crippen LogP contribution in [0.2, 0.25) is 0 Å². The second-order valence-electron chi connectivity index (χ2n) is 5.35. The van der Waals surface area contributed by atoms with Gasteiger partial charge in [-0.1, -0.05) is 6.07 Å². The van der Waals surface area contributed by atoms with Gasteiger partial charge in [0.05, 0.1) is 12.1 Å². The number of carboxylic acid groups (broad SMARTS) is 1. The summed E-state index contributed by atoms with van der Waals surface area (Å²) in [5.74, 6) is -0.709. The van der Waals surface area contributed by atoms with Gasteiger partial charge < -0.3 is 19.9 Å². The van der Waals surface area contributed by atoms with E-state index in [2.05, 4.69) is 10.3 Å². The molecule has 0 bridgehead atoms. The molecule has 0 spiro atoms. The minimum atomic E-state index is -0.970. The summed E-state index contributed by atoms with van der Waals surface area (Å²) in [5, 5.41) is 11.2. The number of nitrogens with one attached hydrogen (secondary N) is 1. The van der Waals surface area contributed by atoms with Gasteiger partial charge in [-0.05, 0) is 24.6 Å². The molecular formula is C16H19FN4O3. The summed E-state index contributed by atoms with van der Waals surface area (Å²) >= 11 is 0. The summed E-state index contributed by atoms with van der Waals surface area (Å²) < 4.78 is 15.9. The highest BCUT2D eigenvalue weighted by molar-refractivity contribution is 5.75. The van der Waals surface area contributed by atoms with Crippen molar-refractivity contribution < 1.29 is 19.1 Å². The first-order valence-corrected chi connectivity index (χ1v) is 7.38. The van der Waals surface area contributed by atoms with Gasteiger partial charge in [-0.3, -0.25) is 4.79 Å². The Hall–Kier alpha value is -2.90. The number of aryl methyl sites for hydroxylation is 1. The van der Waals surface area contributed by atoms with E-state index in [4.69, 9.17) is 5.11 Å². The number of amides is 2. The van der Waals surface area contributed by atoms with Crippen molar-refractivity contribution in [1.82, 2.24) is 19.8 Å². The van der Waals surface area contributed by atoms with Crippen molar-refractivity contribution in [2.45, 2.75) is 19.9 Å². The van der Waals surface area contributed by atoms with Crippen LogP contribution in [0.1, 0.15) is 17.8 Å². The van der Waals surface area contributed by atoms with Gasteiger partial charge in [-0.2, -0.15) is 0 Å². The van der Waals surface area contributed by atoms with E-state index in [0.29, 0.717) is 17.1 Å². The van der Waals surface area contributed by atoms with Crippen molar-refractivity contribution >= 4 is 12.0 Å². The van der Waals surface area contributed by atoms with Crippen molar-refractivity contribution in [3.8, 4) is 5.69 Å². The molecule has 8 heteroatoms. The Balaban J connectivity index is 1.97. The molecule has 0 aliphatic rings. The van der Waals surface area contributed by atoms with Crippen LogP contribution in [0.3, 0.4) is 0 Å². The summed E-state index contributed by atoms with van der Waals surface area (Å²) in [6.45, 7) is 2.03. The molecule has 1 aromatic heterocycles. The van der Waals surface area contributed by atoms with E-state index in [0.717, 1.165) is 0 Å². The van der Waals surface area contributed by atoms with E-state index in [-0.39, 0.29) is 19.5 Å². The summed E-state index contributed by atoms with van der Waals surface area (Å²) in [6.07, 6.45) is 3.14. The summed E-state index contributed by atoms with van der Waals surface area (Å²) in [4.78, 5) is 27.6. The monoisotopic (exact) mass is 334 g/mol. The van der Waals surface area contributed by atoms with Crippen LogP contribution < -0.4 is 5.32 Å². The molecule has 1 aromatic carbocycles. The van der Waals surface area contributed by atoms with Crippen molar-refractivity contribution in [3.63, 3.8) is 0 Å². The summed E-state index contributed by atoms with van der Waals surface area (Å²) in [6, 6.07) is 4.28. The number of aromatic nitrogens is 2. The number of urea groups is 1. The number of imidazole rings is 1. The fraction of sp³-hybridized carbons (Fsp3) is 0.312. The van der Waals surface area contributed by atoms with Crippen LogP contribution in [0.15, 0.2) is 30.6 Å². The Morgan fingerprint density at radius 1 is 1.42 bits per heavy atom. The number of rotatable bonds is 6. The van der Waals surface area contributed by atoms with Crippen molar-refractivity contribution in [2.24, 2.45) is 0 Å². The quantitative estimate of drug-likeness (QED) is 0.845. The van der Waals surface area contributed by atoms with Crippen molar-refractivity contribution in [1.29, 1.82) is 0 Å². The molecule has 128 valence electrons. The Kier molecular flexibility index (Phi) is 5.51. The molecule has 0 radical (unpaired) electrons. The predicted molar refractivity (Wildman–Crippen MR) is 85.4 cm³/mol. The number of hydrogen-bond donors (Lipinski definition) is 2. The Labute approximate surface area is 138 Å². The molecule has 0 atom stereocenters. The molecule has 0 aliphatic carbocycles. The van der Waals surface area contributed by atoms with Crippen LogP contribution in [0.4, 0.5) is 9.18 Å². The van der Waals surface area contributed by atoms with Gasteiger partial charge in [0.1, 0.15) is 11.6 Å². The highest BCUT2D eigenvalue weighted by Gasteiger charge is 2.11. The Morgan fingerprint density at radius 3 is 2.75 bits per heavy atom. The predicted octanol–water partition coefficient (Wildman–Crippen LogP) is 1.94. The van der Waals surface area contributed by atoms with Crippen LogP contribution in [-0.2, 0) is 11.3 Å². The number of nitrogens with zero attached hydrogens (tertiary/aromatic N) is 3. The first kappa shape index (κ1) is 17.5. The number of aliphatic carboxylic acids is 1. The Morgan fingerprint density at radius 2 is 2.17 bits per heavy atom. The largest absolute Gasteiger partial charge is 0.481 e. The molecule has 1 heterocycles. The van der Waals surface area contributed by atoms with E-state index in [9.17, 15) is 14.0 Å². The third-order valence-corrected chi connectivity index (χ3v) is 3.55. The number of hydrogen-bond acceptors (Lipinski definition) is 3. The van der Waals surface area contributed by atoms with Gasteiger partial charge in [0.25, 0.3) is 0 Å². The van der Waals surface area contributed by atoms with E-state index < -0.39 is 17.8 Å². The second kappa shape index (κ2) is 7.58. The van der Waals surface area contributed by atoms with Crippen LogP contribution in [0.25, 0.3) is 5.69 Å². The molecule has 0 saturated heterocycles. The van der Waals surface area contributed by atoms with Crippen LogP contribution in [0.5, 0.6) is 0 Å². The maximum Gasteiger partial charge on any atom is 0.317 e. The number of benzene rings is 1. The third-order valence-electron chi connectivity index (χ3n) is 3.55. The van der Waals surface area contributed by atoms with Gasteiger partial charge >= 0.3 is 12.0 Å². The highest BCUT2D eigenvalue weighted by atomic mass is 19.1. The SMILES string of the molecule is Cc1nccn1-c1ccc(CNC(=O)N(C)CCC(=O)O)cc1F. The van der Waals surface area contributed by atoms with E-state index in [1.807, 2.05) is 0 Å². The number of carboxylic acids is 1. The molecule has 0 saturated carbocycles. The van der Waals surface area contributed by atoms with Crippen LogP contribution in [-0.4, -0.2) is 45.2 Å². The summed E-state index contributed by atoms with van der Waals surface area (Å²) in [5.41, 5.74) is 0.993.